The molecule has 0 unspecified atom stereocenters. The average molecular weight is 515 g/mol. The van der Waals surface area contributed by atoms with Crippen molar-refractivity contribution in [2.45, 2.75) is 56.1 Å². The second-order valence-corrected chi connectivity index (χ2v) is 10.8. The topological polar surface area (TPSA) is 91.5 Å². The summed E-state index contributed by atoms with van der Waals surface area (Å²) in [7, 11) is 0. The van der Waals surface area contributed by atoms with Crippen LogP contribution in [-0.4, -0.2) is 25.5 Å². The van der Waals surface area contributed by atoms with Crippen LogP contribution in [0.5, 0.6) is 0 Å². The molecule has 0 bridgehead atoms. The van der Waals surface area contributed by atoms with Crippen LogP contribution in [0, 0.1) is 23.1 Å². The maximum absolute atomic E-state index is 13.8. The van der Waals surface area contributed by atoms with Gasteiger partial charge < -0.3 is 10.6 Å². The van der Waals surface area contributed by atoms with E-state index in [1.807, 2.05) is 6.07 Å². The molecule has 3 aliphatic rings. The van der Waals surface area contributed by atoms with Crippen molar-refractivity contribution in [3.8, 4) is 6.07 Å². The van der Waals surface area contributed by atoms with Gasteiger partial charge in [0.2, 0.25) is 0 Å². The number of halogens is 2. The highest BCUT2D eigenvalue weighted by molar-refractivity contribution is 6.35. The minimum Gasteiger partial charge on any atom is -0.378 e. The molecule has 186 valence electrons. The van der Waals surface area contributed by atoms with Crippen molar-refractivity contribution in [3.05, 3.63) is 76.5 Å². The molecule has 4 aromatic rings. The molecule has 0 amide bonds. The third-order valence-electron chi connectivity index (χ3n) is 7.66. The molecular weight excluding hydrogens is 489 g/mol. The Morgan fingerprint density at radius 1 is 1.19 bits per heavy atom. The van der Waals surface area contributed by atoms with E-state index in [1.165, 1.54) is 25.0 Å². The second kappa shape index (κ2) is 8.42. The predicted octanol–water partition coefficient (Wildman–Crippen LogP) is 6.38. The van der Waals surface area contributed by atoms with Crippen molar-refractivity contribution >= 4 is 33.9 Å². The van der Waals surface area contributed by atoms with Gasteiger partial charge >= 0.3 is 0 Å². The summed E-state index contributed by atoms with van der Waals surface area (Å²) in [5.41, 5.74) is 3.25. The lowest BCUT2D eigenvalue weighted by Crippen LogP contribution is -2.24. The van der Waals surface area contributed by atoms with Gasteiger partial charge in [0.1, 0.15) is 17.6 Å². The second-order valence-electron chi connectivity index (χ2n) is 10.4. The molecule has 37 heavy (non-hydrogen) atoms. The Balaban J connectivity index is 1.34. The number of pyridine rings is 1. The molecule has 3 fully saturated rings. The summed E-state index contributed by atoms with van der Waals surface area (Å²) in [5.74, 6) is 0.240. The third-order valence-corrected chi connectivity index (χ3v) is 7.94. The third kappa shape index (κ3) is 4.17. The van der Waals surface area contributed by atoms with Gasteiger partial charge in [-0.15, -0.1) is 5.10 Å². The monoisotopic (exact) mass is 514 g/mol. The molecule has 9 heteroatoms. The molecule has 0 aliphatic heterocycles. The van der Waals surface area contributed by atoms with Gasteiger partial charge in [-0.3, -0.25) is 4.98 Å². The Morgan fingerprint density at radius 2 is 1.97 bits per heavy atom. The van der Waals surface area contributed by atoms with Crippen molar-refractivity contribution in [2.24, 2.45) is 5.92 Å². The summed E-state index contributed by atoms with van der Waals surface area (Å²) in [6, 6.07) is 10.4. The number of rotatable bonds is 8. The first kappa shape index (κ1) is 21.4. The van der Waals surface area contributed by atoms with Crippen LogP contribution in [0.3, 0.4) is 0 Å². The first-order chi connectivity index (χ1) is 18.4. The fourth-order valence-corrected chi connectivity index (χ4v) is 5.43. The molecule has 0 spiro atoms. The quantitative estimate of drug-likeness (QED) is 0.283. The molecule has 1 atom stereocenters. The van der Waals surface area contributed by atoms with E-state index < -0.39 is 6.02 Å². The van der Waals surface area contributed by atoms with E-state index in [1.54, 1.807) is 35.3 Å². The number of nitrogens with zero attached hydrogens (tertiary/aromatic N) is 5. The summed E-state index contributed by atoms with van der Waals surface area (Å²) >= 11 is 6.73. The van der Waals surface area contributed by atoms with E-state index in [2.05, 4.69) is 32.0 Å². The fourth-order valence-electron chi connectivity index (χ4n) is 5.16. The first-order valence-electron chi connectivity index (χ1n) is 13.2. The highest BCUT2D eigenvalue weighted by Crippen LogP contribution is 2.56. The zero-order chi connectivity index (χ0) is 26.1. The maximum atomic E-state index is 13.8. The number of aromatic nitrogens is 4. The van der Waals surface area contributed by atoms with Crippen molar-refractivity contribution in [3.63, 3.8) is 0 Å². The Kier molecular flexibility index (Phi) is 4.87. The lowest BCUT2D eigenvalue weighted by Gasteiger charge is -2.22. The lowest BCUT2D eigenvalue weighted by molar-refractivity contribution is 0.610. The van der Waals surface area contributed by atoms with Crippen LogP contribution in [0.15, 0.2) is 48.8 Å². The van der Waals surface area contributed by atoms with Gasteiger partial charge in [0, 0.05) is 22.8 Å². The summed E-state index contributed by atoms with van der Waals surface area (Å²) in [6.07, 6.45) is 9.96. The van der Waals surface area contributed by atoms with E-state index in [4.69, 9.17) is 11.6 Å². The summed E-state index contributed by atoms with van der Waals surface area (Å²) < 4.78 is 25.1. The highest BCUT2D eigenvalue weighted by Gasteiger charge is 2.54. The number of nitrogens with one attached hydrogen (secondary N) is 2. The van der Waals surface area contributed by atoms with Gasteiger partial charge in [-0.05, 0) is 74.3 Å². The fraction of sp³-hybridized carbons (Fsp3) is 0.357. The van der Waals surface area contributed by atoms with Gasteiger partial charge in [0.25, 0.3) is 0 Å². The van der Waals surface area contributed by atoms with Crippen LogP contribution in [-0.2, 0) is 0 Å². The lowest BCUT2D eigenvalue weighted by atomic mass is 10.0. The molecule has 0 radical (unpaired) electrons. The molecule has 3 saturated carbocycles. The van der Waals surface area contributed by atoms with E-state index in [0.29, 0.717) is 50.4 Å². The van der Waals surface area contributed by atoms with Crippen molar-refractivity contribution < 1.29 is 5.76 Å². The van der Waals surface area contributed by atoms with Crippen LogP contribution in [0.2, 0.25) is 5.02 Å². The van der Waals surface area contributed by atoms with Crippen LogP contribution in [0.1, 0.15) is 68.8 Å². The molecule has 3 aliphatic carbocycles. The standard InChI is InChI=1S/C28H25ClFN7/c29-23-12-20(11-22-25(17(13-31)14-32-27(22)23)34-28(9-10-28)18-3-4-18)33-26(16-1-5-19(30)6-2-16)24-15-37(36-35-24)21-7-8-21/h1-2,5-6,11-12,14-15,18,21,26,33H,3-4,7-10H2,(H,32,34)/t26-/m1/s1/i26D. The molecule has 2 aromatic heterocycles. The number of hydrogen-bond acceptors (Lipinski definition) is 6. The molecule has 7 rings (SSSR count). The Morgan fingerprint density at radius 3 is 2.65 bits per heavy atom. The SMILES string of the molecule is [2H][C@@](Nc1cc(Cl)c2ncc(C#N)c(NC3(C4CC4)CC3)c2c1)(c1ccc(F)cc1)c1cn(C2CC2)nn1. The Hall–Kier alpha value is -3.70. The van der Waals surface area contributed by atoms with Crippen LogP contribution >= 0.6 is 11.6 Å². The van der Waals surface area contributed by atoms with Gasteiger partial charge in [-0.1, -0.05) is 28.9 Å². The maximum Gasteiger partial charge on any atom is 0.123 e. The highest BCUT2D eigenvalue weighted by atomic mass is 35.5. The van der Waals surface area contributed by atoms with E-state index >= 15 is 0 Å². The molecule has 0 saturated heterocycles. The minimum atomic E-state index is -1.57. The van der Waals surface area contributed by atoms with Gasteiger partial charge in [-0.25, -0.2) is 9.07 Å². The minimum absolute atomic E-state index is 0.0321. The van der Waals surface area contributed by atoms with Gasteiger partial charge in [0.05, 0.1) is 41.4 Å². The normalized spacial score (nSPS) is 20.1. The van der Waals surface area contributed by atoms with Crippen LogP contribution in [0.25, 0.3) is 10.9 Å². The molecule has 2 aromatic carbocycles. The number of benzene rings is 2. The zero-order valence-corrected chi connectivity index (χ0v) is 20.8. The van der Waals surface area contributed by atoms with Crippen molar-refractivity contribution in [2.75, 3.05) is 10.6 Å². The largest absolute Gasteiger partial charge is 0.378 e. The van der Waals surface area contributed by atoms with Crippen LogP contribution < -0.4 is 10.6 Å². The van der Waals surface area contributed by atoms with Crippen molar-refractivity contribution in [1.82, 2.24) is 20.0 Å². The smallest absolute Gasteiger partial charge is 0.123 e. The summed E-state index contributed by atoms with van der Waals surface area (Å²) in [6.45, 7) is 0. The molecule has 7 nitrogen and oxygen atoms in total. The molecule has 2 heterocycles. The summed E-state index contributed by atoms with van der Waals surface area (Å²) in [4.78, 5) is 4.48. The first-order valence-corrected chi connectivity index (χ1v) is 13.0. The van der Waals surface area contributed by atoms with Gasteiger partial charge in [0.15, 0.2) is 0 Å². The number of anilines is 2. The van der Waals surface area contributed by atoms with E-state index in [0.717, 1.165) is 31.4 Å². The Bertz CT molecular complexity index is 1600. The Labute approximate surface area is 220 Å². The molecular formula is C28H25ClFN7. The summed E-state index contributed by atoms with van der Waals surface area (Å²) in [5, 5.41) is 26.6. The number of fused-ring (bicyclic) bond motifs is 1. The van der Waals surface area contributed by atoms with E-state index in [-0.39, 0.29) is 11.4 Å². The zero-order valence-electron chi connectivity index (χ0n) is 21.0. The van der Waals surface area contributed by atoms with Crippen molar-refractivity contribution in [1.29, 1.82) is 5.26 Å². The van der Waals surface area contributed by atoms with Crippen LogP contribution in [0.4, 0.5) is 15.8 Å². The van der Waals surface area contributed by atoms with Gasteiger partial charge in [-0.2, -0.15) is 5.26 Å². The predicted molar refractivity (Wildman–Crippen MR) is 140 cm³/mol. The molecule has 2 N–H and O–H groups in total. The number of hydrogen-bond donors (Lipinski definition) is 2. The average Bonchev–Trinajstić information content (AvgIpc) is 3.77. The number of nitriles is 1. The van der Waals surface area contributed by atoms with E-state index in [9.17, 15) is 11.0 Å².